The lowest BCUT2D eigenvalue weighted by atomic mass is 10.0. The monoisotopic (exact) mass is 479 g/mol. The summed E-state index contributed by atoms with van der Waals surface area (Å²) in [4.78, 5) is 11.4. The van der Waals surface area contributed by atoms with Crippen LogP contribution in [0.3, 0.4) is 0 Å². The molecule has 2 N–H and O–H groups in total. The van der Waals surface area contributed by atoms with E-state index in [4.69, 9.17) is 0 Å². The molecular formula is C22H29N3O5S2. The molecule has 0 spiro atoms. The van der Waals surface area contributed by atoms with Gasteiger partial charge in [-0.3, -0.25) is 9.52 Å². The molecule has 8 nitrogen and oxygen atoms in total. The molecule has 0 radical (unpaired) electrons. The van der Waals surface area contributed by atoms with Crippen molar-refractivity contribution in [2.45, 2.75) is 68.8 Å². The maximum Gasteiger partial charge on any atom is 0.262 e. The van der Waals surface area contributed by atoms with E-state index in [1.54, 1.807) is 23.4 Å². The number of hydrogen-bond acceptors (Lipinski definition) is 5. The zero-order chi connectivity index (χ0) is 23.7. The Hall–Kier alpha value is -2.43. The van der Waals surface area contributed by atoms with Crippen molar-refractivity contribution in [3.05, 3.63) is 48.0 Å². The van der Waals surface area contributed by atoms with Gasteiger partial charge in [0.15, 0.2) is 0 Å². The van der Waals surface area contributed by atoms with Crippen LogP contribution in [-0.4, -0.2) is 39.1 Å². The molecule has 32 heavy (non-hydrogen) atoms. The Bertz CT molecular complexity index is 1200. The fourth-order valence-corrected chi connectivity index (χ4v) is 7.28. The zero-order valence-corrected chi connectivity index (χ0v) is 20.3. The smallest absolute Gasteiger partial charge is 0.262 e. The maximum atomic E-state index is 13.1. The first kappa shape index (κ1) is 24.2. The maximum absolute atomic E-state index is 13.1. The molecule has 0 saturated carbocycles. The third-order valence-electron chi connectivity index (χ3n) is 5.59. The average Bonchev–Trinajstić information content (AvgIpc) is 2.69. The summed E-state index contributed by atoms with van der Waals surface area (Å²) in [7, 11) is -7.63. The highest BCUT2D eigenvalue weighted by molar-refractivity contribution is 7.92. The summed E-state index contributed by atoms with van der Waals surface area (Å²) in [6.07, 6.45) is 2.63. The number of rotatable bonds is 6. The molecule has 10 heteroatoms. The minimum absolute atomic E-state index is 0.0245. The van der Waals surface area contributed by atoms with E-state index in [1.165, 1.54) is 37.3 Å². The molecule has 1 amide bonds. The summed E-state index contributed by atoms with van der Waals surface area (Å²) < 4.78 is 56.2. The molecule has 3 rings (SSSR count). The van der Waals surface area contributed by atoms with Crippen molar-refractivity contribution in [2.24, 2.45) is 0 Å². The third-order valence-corrected chi connectivity index (χ3v) is 9.26. The van der Waals surface area contributed by atoms with Crippen LogP contribution >= 0.6 is 0 Å². The average molecular weight is 480 g/mol. The molecular weight excluding hydrogens is 450 g/mol. The molecule has 1 saturated heterocycles. The number of carbonyl (C=O) groups excluding carboxylic acids is 1. The molecule has 1 aliphatic heterocycles. The number of piperidine rings is 1. The van der Waals surface area contributed by atoms with Gasteiger partial charge in [0.2, 0.25) is 15.9 Å². The molecule has 0 bridgehead atoms. The van der Waals surface area contributed by atoms with Gasteiger partial charge in [-0.15, -0.1) is 0 Å². The van der Waals surface area contributed by atoms with Gasteiger partial charge in [-0.1, -0.05) is 12.5 Å². The fourth-order valence-electron chi connectivity index (χ4n) is 4.07. The first-order chi connectivity index (χ1) is 14.9. The summed E-state index contributed by atoms with van der Waals surface area (Å²) in [6, 6.07) is 10.2. The number of nitrogens with one attached hydrogen (secondary N) is 2. The van der Waals surface area contributed by atoms with Gasteiger partial charge < -0.3 is 5.32 Å². The van der Waals surface area contributed by atoms with Crippen molar-refractivity contribution in [3.8, 4) is 0 Å². The van der Waals surface area contributed by atoms with Crippen LogP contribution in [0.5, 0.6) is 0 Å². The number of sulfonamides is 2. The highest BCUT2D eigenvalue weighted by Gasteiger charge is 2.35. The molecule has 2 atom stereocenters. The minimum atomic E-state index is -3.95. The standard InChI is InChI=1S/C22H29N3O5S2/c1-15-8-9-20(23-18(4)26)14-22(15)31(27,28)24-19-10-12-21(13-11-19)32(29,30)25-16(2)6-5-7-17(25)3/h8-14,16-17,24H,5-7H2,1-4H3,(H,23,26). The first-order valence-corrected chi connectivity index (χ1v) is 13.4. The van der Waals surface area contributed by atoms with Gasteiger partial charge in [-0.05, 0) is 75.6 Å². The number of amides is 1. The SMILES string of the molecule is CC(=O)Nc1ccc(C)c(S(=O)(=O)Nc2ccc(S(=O)(=O)N3C(C)CCCC3C)cc2)c1. The van der Waals surface area contributed by atoms with E-state index in [9.17, 15) is 21.6 Å². The van der Waals surface area contributed by atoms with Gasteiger partial charge in [-0.25, -0.2) is 16.8 Å². The lowest BCUT2D eigenvalue weighted by molar-refractivity contribution is -0.114. The van der Waals surface area contributed by atoms with Gasteiger partial charge >= 0.3 is 0 Å². The van der Waals surface area contributed by atoms with Crippen molar-refractivity contribution in [1.29, 1.82) is 0 Å². The number of nitrogens with zero attached hydrogens (tertiary/aromatic N) is 1. The van der Waals surface area contributed by atoms with Crippen LogP contribution in [0.2, 0.25) is 0 Å². The fraction of sp³-hybridized carbons (Fsp3) is 0.409. The topological polar surface area (TPSA) is 113 Å². The van der Waals surface area contributed by atoms with Crippen molar-refractivity contribution >= 4 is 37.3 Å². The summed E-state index contributed by atoms with van der Waals surface area (Å²) >= 11 is 0. The number of carbonyl (C=O) groups is 1. The van der Waals surface area contributed by atoms with Crippen molar-refractivity contribution in [2.75, 3.05) is 10.0 Å². The summed E-state index contributed by atoms with van der Waals surface area (Å²) in [6.45, 7) is 6.82. The second-order valence-corrected chi connectivity index (χ2v) is 11.7. The van der Waals surface area contributed by atoms with Crippen LogP contribution in [0.4, 0.5) is 11.4 Å². The Morgan fingerprint density at radius 2 is 1.50 bits per heavy atom. The second kappa shape index (κ2) is 9.21. The molecule has 1 aliphatic rings. The number of aryl methyl sites for hydroxylation is 1. The Kier molecular flexibility index (Phi) is 6.97. The normalized spacial score (nSPS) is 20.0. The van der Waals surface area contributed by atoms with Crippen molar-refractivity contribution in [1.82, 2.24) is 4.31 Å². The summed E-state index contributed by atoms with van der Waals surface area (Å²) in [5.74, 6) is -0.306. The van der Waals surface area contributed by atoms with Crippen LogP contribution in [0.15, 0.2) is 52.3 Å². The highest BCUT2D eigenvalue weighted by atomic mass is 32.2. The van der Waals surface area contributed by atoms with E-state index in [2.05, 4.69) is 10.0 Å². The van der Waals surface area contributed by atoms with Gasteiger partial charge in [0.1, 0.15) is 0 Å². The van der Waals surface area contributed by atoms with E-state index in [0.29, 0.717) is 11.3 Å². The van der Waals surface area contributed by atoms with E-state index in [1.807, 2.05) is 13.8 Å². The number of benzene rings is 2. The predicted octanol–water partition coefficient (Wildman–Crippen LogP) is 3.71. The van der Waals surface area contributed by atoms with Gasteiger partial charge in [0.25, 0.3) is 10.0 Å². The molecule has 2 aromatic carbocycles. The Morgan fingerprint density at radius 3 is 2.06 bits per heavy atom. The van der Waals surface area contributed by atoms with Gasteiger partial charge in [-0.2, -0.15) is 4.31 Å². The molecule has 1 fully saturated rings. The molecule has 2 unspecified atom stereocenters. The second-order valence-electron chi connectivity index (χ2n) is 8.26. The largest absolute Gasteiger partial charge is 0.326 e. The van der Waals surface area contributed by atoms with Crippen LogP contribution in [0, 0.1) is 6.92 Å². The zero-order valence-electron chi connectivity index (χ0n) is 18.6. The lowest BCUT2D eigenvalue weighted by Crippen LogP contribution is -2.47. The first-order valence-electron chi connectivity index (χ1n) is 10.5. The van der Waals surface area contributed by atoms with Crippen molar-refractivity contribution in [3.63, 3.8) is 0 Å². The predicted molar refractivity (Wildman–Crippen MR) is 125 cm³/mol. The minimum Gasteiger partial charge on any atom is -0.326 e. The van der Waals surface area contributed by atoms with Gasteiger partial charge in [0.05, 0.1) is 9.79 Å². The molecule has 0 aromatic heterocycles. The molecule has 174 valence electrons. The van der Waals surface area contributed by atoms with Crippen LogP contribution in [0.1, 0.15) is 45.6 Å². The Balaban J connectivity index is 1.85. The summed E-state index contributed by atoms with van der Waals surface area (Å²) in [5, 5.41) is 2.57. The van der Waals surface area contributed by atoms with Crippen LogP contribution in [-0.2, 0) is 24.8 Å². The van der Waals surface area contributed by atoms with E-state index in [-0.39, 0.29) is 33.5 Å². The third kappa shape index (κ3) is 5.13. The molecule has 1 heterocycles. The molecule has 0 aliphatic carbocycles. The lowest BCUT2D eigenvalue weighted by Gasteiger charge is -2.37. The van der Waals surface area contributed by atoms with Crippen LogP contribution in [0.25, 0.3) is 0 Å². The number of hydrogen-bond donors (Lipinski definition) is 2. The molecule has 2 aromatic rings. The number of anilines is 2. The van der Waals surface area contributed by atoms with E-state index in [0.717, 1.165) is 19.3 Å². The van der Waals surface area contributed by atoms with Crippen LogP contribution < -0.4 is 10.0 Å². The Labute approximate surface area is 190 Å². The Morgan fingerprint density at radius 1 is 0.938 bits per heavy atom. The highest BCUT2D eigenvalue weighted by Crippen LogP contribution is 2.30. The quantitative estimate of drug-likeness (QED) is 0.656. The van der Waals surface area contributed by atoms with Gasteiger partial charge in [0, 0.05) is 30.4 Å². The van der Waals surface area contributed by atoms with E-state index < -0.39 is 20.0 Å². The van der Waals surface area contributed by atoms with Crippen molar-refractivity contribution < 1.29 is 21.6 Å². The summed E-state index contributed by atoms with van der Waals surface area (Å²) in [5.41, 5.74) is 1.13. The van der Waals surface area contributed by atoms with E-state index >= 15 is 0 Å².